The van der Waals surface area contributed by atoms with Crippen molar-refractivity contribution in [1.29, 1.82) is 0 Å². The summed E-state index contributed by atoms with van der Waals surface area (Å²) < 4.78 is 27.7. The Morgan fingerprint density at radius 1 is 1.30 bits per heavy atom. The number of nitrogens with zero attached hydrogens (tertiary/aromatic N) is 3. The Bertz CT molecular complexity index is 782. The molecule has 8 heteroatoms. The normalized spacial score (nSPS) is 14.8. The first-order valence-electron chi connectivity index (χ1n) is 5.89. The maximum atomic E-state index is 12.6. The van der Waals surface area contributed by atoms with Gasteiger partial charge in [0.15, 0.2) is 0 Å². The summed E-state index contributed by atoms with van der Waals surface area (Å²) >= 11 is 0. The Hall–Kier alpha value is -2.35. The topological polar surface area (TPSA) is 84.3 Å². The highest BCUT2D eigenvalue weighted by Gasteiger charge is 2.32. The van der Waals surface area contributed by atoms with Gasteiger partial charge < -0.3 is 5.32 Å². The van der Waals surface area contributed by atoms with Crippen molar-refractivity contribution in [2.24, 2.45) is 7.05 Å². The molecule has 1 amide bonds. The van der Waals surface area contributed by atoms with Gasteiger partial charge in [-0.25, -0.2) is 8.42 Å². The number of benzene rings is 1. The molecule has 104 valence electrons. The van der Waals surface area contributed by atoms with Gasteiger partial charge in [-0.2, -0.15) is 5.10 Å². The van der Waals surface area contributed by atoms with Crippen molar-refractivity contribution in [2.45, 2.75) is 4.90 Å². The van der Waals surface area contributed by atoms with E-state index in [0.29, 0.717) is 11.4 Å². The van der Waals surface area contributed by atoms with E-state index in [1.165, 1.54) is 17.1 Å². The Labute approximate surface area is 115 Å². The summed E-state index contributed by atoms with van der Waals surface area (Å²) in [5.41, 5.74) is 0.937. The SMILES string of the molecule is Cn1cc(S(=O)(=O)N2CC(=O)Nc3ccccc32)cn1. The van der Waals surface area contributed by atoms with Crippen molar-refractivity contribution in [2.75, 3.05) is 16.2 Å². The fraction of sp³-hybridized carbons (Fsp3) is 0.167. The first-order valence-corrected chi connectivity index (χ1v) is 7.33. The minimum atomic E-state index is -3.80. The summed E-state index contributed by atoms with van der Waals surface area (Å²) in [6.45, 7) is -0.242. The van der Waals surface area contributed by atoms with Crippen LogP contribution in [0.5, 0.6) is 0 Å². The van der Waals surface area contributed by atoms with Gasteiger partial charge in [-0.3, -0.25) is 13.8 Å². The van der Waals surface area contributed by atoms with Gasteiger partial charge >= 0.3 is 0 Å². The van der Waals surface area contributed by atoms with Gasteiger partial charge in [-0.15, -0.1) is 0 Å². The molecule has 0 bridgehead atoms. The molecular weight excluding hydrogens is 280 g/mol. The van der Waals surface area contributed by atoms with E-state index in [1.54, 1.807) is 31.3 Å². The molecule has 1 aromatic heterocycles. The van der Waals surface area contributed by atoms with Crippen LogP contribution in [0.25, 0.3) is 0 Å². The summed E-state index contributed by atoms with van der Waals surface area (Å²) in [5.74, 6) is -0.365. The standard InChI is InChI=1S/C12H12N4O3S/c1-15-7-9(6-13-15)20(18,19)16-8-12(17)14-10-4-2-3-5-11(10)16/h2-7H,8H2,1H3,(H,14,17). The minimum absolute atomic E-state index is 0.0597. The summed E-state index contributed by atoms with van der Waals surface area (Å²) in [7, 11) is -2.16. The van der Waals surface area contributed by atoms with Crippen LogP contribution in [-0.4, -0.2) is 30.7 Å². The average Bonchev–Trinajstić information content (AvgIpc) is 2.85. The fourth-order valence-corrected chi connectivity index (χ4v) is 3.50. The number of carbonyl (C=O) groups is 1. The number of para-hydroxylation sites is 2. The van der Waals surface area contributed by atoms with Gasteiger partial charge in [0.2, 0.25) is 5.91 Å². The fourth-order valence-electron chi connectivity index (χ4n) is 2.08. The van der Waals surface area contributed by atoms with Crippen molar-refractivity contribution >= 4 is 27.3 Å². The van der Waals surface area contributed by atoms with Crippen molar-refractivity contribution in [3.63, 3.8) is 0 Å². The number of hydrogen-bond donors (Lipinski definition) is 1. The molecule has 1 aliphatic heterocycles. The second kappa shape index (κ2) is 4.34. The molecule has 7 nitrogen and oxygen atoms in total. The van der Waals surface area contributed by atoms with Crippen molar-refractivity contribution in [3.05, 3.63) is 36.7 Å². The van der Waals surface area contributed by atoms with Crippen LogP contribution in [0.3, 0.4) is 0 Å². The summed E-state index contributed by atoms with van der Waals surface area (Å²) in [6, 6.07) is 6.78. The highest BCUT2D eigenvalue weighted by atomic mass is 32.2. The summed E-state index contributed by atoms with van der Waals surface area (Å²) in [6.07, 6.45) is 2.68. The van der Waals surface area contributed by atoms with Crippen molar-refractivity contribution in [1.82, 2.24) is 9.78 Å². The number of nitrogens with one attached hydrogen (secondary N) is 1. The molecule has 0 atom stereocenters. The number of aromatic nitrogens is 2. The molecule has 1 N–H and O–H groups in total. The van der Waals surface area contributed by atoms with E-state index in [2.05, 4.69) is 10.4 Å². The van der Waals surface area contributed by atoms with Gasteiger partial charge in [-0.1, -0.05) is 12.1 Å². The molecule has 0 aliphatic carbocycles. The lowest BCUT2D eigenvalue weighted by Gasteiger charge is -2.29. The average molecular weight is 292 g/mol. The Kier molecular flexibility index (Phi) is 2.75. The largest absolute Gasteiger partial charge is 0.323 e. The molecule has 2 aromatic rings. The van der Waals surface area contributed by atoms with Crippen LogP contribution in [0.15, 0.2) is 41.6 Å². The highest BCUT2D eigenvalue weighted by Crippen LogP contribution is 2.32. The lowest BCUT2D eigenvalue weighted by atomic mass is 10.2. The van der Waals surface area contributed by atoms with Gasteiger partial charge in [-0.05, 0) is 12.1 Å². The van der Waals surface area contributed by atoms with E-state index >= 15 is 0 Å². The van der Waals surface area contributed by atoms with Crippen LogP contribution in [0.1, 0.15) is 0 Å². The maximum Gasteiger partial charge on any atom is 0.267 e. The molecule has 3 rings (SSSR count). The number of sulfonamides is 1. The molecular formula is C12H12N4O3S. The molecule has 0 unspecified atom stereocenters. The molecule has 2 heterocycles. The van der Waals surface area contributed by atoms with Crippen LogP contribution >= 0.6 is 0 Å². The Balaban J connectivity index is 2.13. The number of carbonyl (C=O) groups excluding carboxylic acids is 1. The second-order valence-electron chi connectivity index (χ2n) is 4.43. The van der Waals surface area contributed by atoms with Crippen molar-refractivity contribution < 1.29 is 13.2 Å². The number of hydrogen-bond acceptors (Lipinski definition) is 4. The Morgan fingerprint density at radius 2 is 2.05 bits per heavy atom. The van der Waals surface area contributed by atoms with E-state index in [9.17, 15) is 13.2 Å². The lowest BCUT2D eigenvalue weighted by molar-refractivity contribution is -0.115. The number of fused-ring (bicyclic) bond motifs is 1. The third-order valence-electron chi connectivity index (χ3n) is 3.00. The van der Waals surface area contributed by atoms with Crippen LogP contribution in [0, 0.1) is 0 Å². The van der Waals surface area contributed by atoms with E-state index in [1.807, 2.05) is 0 Å². The molecule has 0 saturated carbocycles. The van der Waals surface area contributed by atoms with E-state index in [-0.39, 0.29) is 17.3 Å². The molecule has 0 spiro atoms. The highest BCUT2D eigenvalue weighted by molar-refractivity contribution is 7.92. The zero-order valence-electron chi connectivity index (χ0n) is 10.6. The van der Waals surface area contributed by atoms with Gasteiger partial charge in [0.05, 0.1) is 17.6 Å². The predicted octanol–water partition coefficient (Wildman–Crippen LogP) is 0.567. The number of amides is 1. The van der Waals surface area contributed by atoms with E-state index < -0.39 is 10.0 Å². The molecule has 0 saturated heterocycles. The van der Waals surface area contributed by atoms with Crippen LogP contribution in [-0.2, 0) is 21.9 Å². The third kappa shape index (κ3) is 1.94. The zero-order chi connectivity index (χ0) is 14.3. The van der Waals surface area contributed by atoms with Crippen LogP contribution in [0.2, 0.25) is 0 Å². The summed E-state index contributed by atoms with van der Waals surface area (Å²) in [5, 5.41) is 6.52. The van der Waals surface area contributed by atoms with Crippen molar-refractivity contribution in [3.8, 4) is 0 Å². The van der Waals surface area contributed by atoms with Gasteiger partial charge in [0.25, 0.3) is 10.0 Å². The van der Waals surface area contributed by atoms with E-state index in [4.69, 9.17) is 0 Å². The van der Waals surface area contributed by atoms with Crippen LogP contribution in [0.4, 0.5) is 11.4 Å². The molecule has 1 aliphatic rings. The first-order chi connectivity index (χ1) is 9.48. The zero-order valence-corrected chi connectivity index (χ0v) is 11.5. The third-order valence-corrected chi connectivity index (χ3v) is 4.72. The smallest absolute Gasteiger partial charge is 0.267 e. The number of anilines is 2. The van der Waals surface area contributed by atoms with Gasteiger partial charge in [0, 0.05) is 13.2 Å². The second-order valence-corrected chi connectivity index (χ2v) is 6.29. The maximum absolute atomic E-state index is 12.6. The summed E-state index contributed by atoms with van der Waals surface area (Å²) in [4.78, 5) is 11.7. The molecule has 0 fully saturated rings. The number of rotatable bonds is 2. The van der Waals surface area contributed by atoms with E-state index in [0.717, 1.165) is 4.31 Å². The Morgan fingerprint density at radius 3 is 2.75 bits per heavy atom. The monoisotopic (exact) mass is 292 g/mol. The predicted molar refractivity (Wildman–Crippen MR) is 72.8 cm³/mol. The quantitative estimate of drug-likeness (QED) is 0.877. The first kappa shape index (κ1) is 12.7. The lowest BCUT2D eigenvalue weighted by Crippen LogP contribution is -2.41. The van der Waals surface area contributed by atoms with Crippen LogP contribution < -0.4 is 9.62 Å². The number of aryl methyl sites for hydroxylation is 1. The van der Waals surface area contributed by atoms with Gasteiger partial charge in [0.1, 0.15) is 11.4 Å². The molecule has 20 heavy (non-hydrogen) atoms. The molecule has 1 aromatic carbocycles. The minimum Gasteiger partial charge on any atom is -0.323 e. The molecule has 0 radical (unpaired) electrons.